The smallest absolute Gasteiger partial charge is 0.230 e. The van der Waals surface area contributed by atoms with Gasteiger partial charge in [-0.3, -0.25) is 9.20 Å². The summed E-state index contributed by atoms with van der Waals surface area (Å²) in [6.07, 6.45) is 3.74. The van der Waals surface area contributed by atoms with Crippen molar-refractivity contribution < 1.29 is 4.79 Å². The molecule has 9 heteroatoms. The molecule has 1 amide bonds. The van der Waals surface area contributed by atoms with E-state index >= 15 is 0 Å². The summed E-state index contributed by atoms with van der Waals surface area (Å²) >= 11 is 7.24. The molecule has 5 aromatic rings. The number of carbonyl (C=O) groups excluding carboxylic acids is 1. The molecule has 0 fully saturated rings. The second-order valence-corrected chi connectivity index (χ2v) is 9.20. The third-order valence-electron chi connectivity index (χ3n) is 5.52. The normalized spacial score (nSPS) is 11.4. The molecule has 0 bridgehead atoms. The highest BCUT2D eigenvalue weighted by Gasteiger charge is 2.14. The fourth-order valence-electron chi connectivity index (χ4n) is 3.52. The Labute approximate surface area is 199 Å². The number of hydrogen-bond acceptors (Lipinski definition) is 5. The highest BCUT2D eigenvalue weighted by molar-refractivity contribution is 7.99. The first-order valence-corrected chi connectivity index (χ1v) is 11.8. The van der Waals surface area contributed by atoms with E-state index in [9.17, 15) is 4.79 Å². The first-order chi connectivity index (χ1) is 16.0. The lowest BCUT2D eigenvalue weighted by Gasteiger charge is -2.05. The summed E-state index contributed by atoms with van der Waals surface area (Å²) in [5.74, 6) is 0.168. The Bertz CT molecular complexity index is 1470. The van der Waals surface area contributed by atoms with Gasteiger partial charge in [-0.2, -0.15) is 5.10 Å². The number of nitrogens with zero attached hydrogens (tertiary/aromatic N) is 5. The predicted molar refractivity (Wildman–Crippen MR) is 131 cm³/mol. The summed E-state index contributed by atoms with van der Waals surface area (Å²) in [6, 6.07) is 15.7. The Morgan fingerprint density at radius 3 is 2.64 bits per heavy atom. The monoisotopic (exact) mass is 476 g/mol. The van der Waals surface area contributed by atoms with Gasteiger partial charge < -0.3 is 5.32 Å². The summed E-state index contributed by atoms with van der Waals surface area (Å²) in [6.45, 7) is 4.65. The molecule has 7 nitrogen and oxygen atoms in total. The number of halogens is 1. The third kappa shape index (κ3) is 4.44. The lowest BCUT2D eigenvalue weighted by atomic mass is 10.0. The number of benzene rings is 2. The molecular formula is C24H21ClN6OS. The van der Waals surface area contributed by atoms with E-state index in [1.165, 1.54) is 22.9 Å². The molecule has 0 aliphatic rings. The van der Waals surface area contributed by atoms with Gasteiger partial charge in [0.2, 0.25) is 5.91 Å². The van der Waals surface area contributed by atoms with E-state index in [0.717, 1.165) is 22.3 Å². The first-order valence-electron chi connectivity index (χ1n) is 10.4. The Morgan fingerprint density at radius 2 is 1.85 bits per heavy atom. The molecule has 0 aliphatic heterocycles. The van der Waals surface area contributed by atoms with Crippen LogP contribution < -0.4 is 5.32 Å². The second-order valence-electron chi connectivity index (χ2n) is 7.82. The molecule has 0 radical (unpaired) electrons. The number of thioether (sulfide) groups is 1. The van der Waals surface area contributed by atoms with Gasteiger partial charge in [-0.25, -0.2) is 4.52 Å². The molecular weight excluding hydrogens is 456 g/mol. The Balaban J connectivity index is 1.31. The molecule has 1 N–H and O–H groups in total. The van der Waals surface area contributed by atoms with E-state index < -0.39 is 0 Å². The minimum atomic E-state index is -0.0749. The quantitative estimate of drug-likeness (QED) is 0.359. The lowest BCUT2D eigenvalue weighted by molar-refractivity contribution is -0.118. The average Bonchev–Trinajstić information content (AvgIpc) is 3.43. The maximum atomic E-state index is 12.3. The van der Waals surface area contributed by atoms with E-state index in [4.69, 9.17) is 16.7 Å². The van der Waals surface area contributed by atoms with Gasteiger partial charge >= 0.3 is 0 Å². The molecule has 0 atom stereocenters. The van der Waals surface area contributed by atoms with Crippen LogP contribution in [0.4, 0.5) is 0 Å². The molecule has 0 saturated carbocycles. The summed E-state index contributed by atoms with van der Waals surface area (Å²) in [7, 11) is 0. The largest absolute Gasteiger partial charge is 0.351 e. The van der Waals surface area contributed by atoms with Gasteiger partial charge in [0.25, 0.3) is 0 Å². The maximum Gasteiger partial charge on any atom is 0.230 e. The zero-order valence-corrected chi connectivity index (χ0v) is 19.7. The predicted octanol–water partition coefficient (Wildman–Crippen LogP) is 4.72. The molecule has 166 valence electrons. The SMILES string of the molecule is Cc1ccc(-c2cc3c4nnc(SCC(=O)NCc5ccc(Cl)cc5)n4ccn3n2)cc1C. The number of nitrogens with one attached hydrogen (secondary N) is 1. The van der Waals surface area contributed by atoms with Gasteiger partial charge in [0, 0.05) is 29.5 Å². The Morgan fingerprint density at radius 1 is 1.03 bits per heavy atom. The van der Waals surface area contributed by atoms with Gasteiger partial charge in [0.1, 0.15) is 5.52 Å². The fraction of sp³-hybridized carbons (Fsp3) is 0.167. The Hall–Kier alpha value is -3.36. The lowest BCUT2D eigenvalue weighted by Crippen LogP contribution is -2.24. The first kappa shape index (κ1) is 21.5. The van der Waals surface area contributed by atoms with Crippen LogP contribution in [-0.2, 0) is 11.3 Å². The fourth-order valence-corrected chi connectivity index (χ4v) is 4.39. The average molecular weight is 477 g/mol. The molecule has 0 saturated heterocycles. The number of aryl methyl sites for hydroxylation is 2. The van der Waals surface area contributed by atoms with Crippen molar-refractivity contribution in [1.82, 2.24) is 29.5 Å². The van der Waals surface area contributed by atoms with Gasteiger partial charge in [0.05, 0.1) is 11.4 Å². The number of carbonyl (C=O) groups is 1. The topological polar surface area (TPSA) is 76.6 Å². The van der Waals surface area contributed by atoms with Gasteiger partial charge in [0.15, 0.2) is 10.8 Å². The van der Waals surface area contributed by atoms with Gasteiger partial charge in [-0.05, 0) is 54.8 Å². The standard InChI is InChI=1S/C24H21ClN6OS/c1-15-3-6-18(11-16(15)2)20-12-21-23-27-28-24(30(23)9-10-31(21)29-20)33-14-22(32)26-13-17-4-7-19(25)8-5-17/h3-12H,13-14H2,1-2H3,(H,26,32). The van der Waals surface area contributed by atoms with E-state index in [-0.39, 0.29) is 11.7 Å². The molecule has 5 rings (SSSR count). The van der Waals surface area contributed by atoms with Crippen LogP contribution in [0.2, 0.25) is 5.02 Å². The van der Waals surface area contributed by atoms with Crippen molar-refractivity contribution in [1.29, 1.82) is 0 Å². The van der Waals surface area contributed by atoms with E-state index in [2.05, 4.69) is 47.6 Å². The van der Waals surface area contributed by atoms with Crippen molar-refractivity contribution in [3.8, 4) is 11.3 Å². The highest BCUT2D eigenvalue weighted by atomic mass is 35.5. The number of fused-ring (bicyclic) bond motifs is 3. The molecule has 3 heterocycles. The second kappa shape index (κ2) is 8.88. The third-order valence-corrected chi connectivity index (χ3v) is 6.72. The summed E-state index contributed by atoms with van der Waals surface area (Å²) in [4.78, 5) is 12.3. The van der Waals surface area contributed by atoms with Crippen LogP contribution >= 0.6 is 23.4 Å². The minimum absolute atomic E-state index is 0.0749. The number of aromatic nitrogens is 5. The molecule has 0 unspecified atom stereocenters. The summed E-state index contributed by atoms with van der Waals surface area (Å²) in [5, 5.41) is 17.6. The maximum absolute atomic E-state index is 12.3. The number of amides is 1. The van der Waals surface area contributed by atoms with Crippen molar-refractivity contribution in [2.45, 2.75) is 25.5 Å². The van der Waals surface area contributed by atoms with Crippen LogP contribution in [0.15, 0.2) is 66.1 Å². The van der Waals surface area contributed by atoms with Crippen molar-refractivity contribution in [3.05, 3.63) is 82.6 Å². The van der Waals surface area contributed by atoms with E-state index in [1.54, 1.807) is 0 Å². The molecule has 0 aliphatic carbocycles. The van der Waals surface area contributed by atoms with Crippen LogP contribution in [0.1, 0.15) is 16.7 Å². The van der Waals surface area contributed by atoms with Crippen LogP contribution in [0.25, 0.3) is 22.4 Å². The zero-order valence-electron chi connectivity index (χ0n) is 18.1. The van der Waals surface area contributed by atoms with Crippen molar-refractivity contribution in [3.63, 3.8) is 0 Å². The molecule has 33 heavy (non-hydrogen) atoms. The number of hydrogen-bond donors (Lipinski definition) is 1. The molecule has 0 spiro atoms. The minimum Gasteiger partial charge on any atom is -0.351 e. The van der Waals surface area contributed by atoms with Crippen molar-refractivity contribution in [2.24, 2.45) is 0 Å². The van der Waals surface area contributed by atoms with Crippen LogP contribution in [0.5, 0.6) is 0 Å². The van der Waals surface area contributed by atoms with Crippen LogP contribution in [-0.4, -0.2) is 35.9 Å². The van der Waals surface area contributed by atoms with Gasteiger partial charge in [-0.15, -0.1) is 10.2 Å². The zero-order chi connectivity index (χ0) is 22.9. The van der Waals surface area contributed by atoms with E-state index in [1.807, 2.05) is 51.6 Å². The number of rotatable bonds is 6. The highest BCUT2D eigenvalue weighted by Crippen LogP contribution is 2.25. The summed E-state index contributed by atoms with van der Waals surface area (Å²) in [5.41, 5.74) is 6.97. The molecule has 2 aromatic carbocycles. The summed E-state index contributed by atoms with van der Waals surface area (Å²) < 4.78 is 3.69. The van der Waals surface area contributed by atoms with E-state index in [0.29, 0.717) is 22.4 Å². The van der Waals surface area contributed by atoms with Crippen LogP contribution in [0.3, 0.4) is 0 Å². The Kier molecular flexibility index (Phi) is 5.78. The van der Waals surface area contributed by atoms with Crippen molar-refractivity contribution in [2.75, 3.05) is 5.75 Å². The van der Waals surface area contributed by atoms with Crippen LogP contribution in [0, 0.1) is 13.8 Å². The van der Waals surface area contributed by atoms with Crippen molar-refractivity contribution >= 4 is 40.4 Å². The molecule has 3 aromatic heterocycles. The van der Waals surface area contributed by atoms with Gasteiger partial charge in [-0.1, -0.05) is 47.6 Å².